The van der Waals surface area contributed by atoms with Crippen LogP contribution in [-0.2, 0) is 0 Å². The number of guanidine groups is 1. The molecule has 0 aromatic rings. The topological polar surface area (TPSA) is 30.9 Å². The van der Waals surface area contributed by atoms with Gasteiger partial charge in [-0.15, -0.1) is 0 Å². The Bertz CT molecular complexity index is 373. The molecule has 0 aromatic heterocycles. The molecule has 0 radical (unpaired) electrons. The molecule has 0 saturated carbocycles. The van der Waals surface area contributed by atoms with E-state index in [-0.39, 0.29) is 5.54 Å². The summed E-state index contributed by atoms with van der Waals surface area (Å²) in [4.78, 5) is 9.35. The van der Waals surface area contributed by atoms with Crippen LogP contribution in [0, 0.1) is 11.3 Å². The Hall–Kier alpha value is -0.770. The predicted molar refractivity (Wildman–Crippen MR) is 86.1 cm³/mol. The number of likely N-dealkylation sites (tertiary alicyclic amines) is 2. The molecule has 1 N–H and O–H groups in total. The second kappa shape index (κ2) is 5.55. The van der Waals surface area contributed by atoms with Crippen LogP contribution in [0.1, 0.15) is 40.5 Å². The smallest absolute Gasteiger partial charge is 0.194 e. The van der Waals surface area contributed by atoms with Gasteiger partial charge in [0.05, 0.1) is 0 Å². The van der Waals surface area contributed by atoms with E-state index in [9.17, 15) is 0 Å². The first kappa shape index (κ1) is 15.6. The van der Waals surface area contributed by atoms with Crippen LogP contribution < -0.4 is 5.32 Å². The van der Waals surface area contributed by atoms with E-state index >= 15 is 0 Å². The van der Waals surface area contributed by atoms with E-state index in [1.54, 1.807) is 0 Å². The first-order chi connectivity index (χ1) is 9.28. The zero-order valence-electron chi connectivity index (χ0n) is 14.2. The Balaban J connectivity index is 1.88. The molecule has 0 amide bonds. The van der Waals surface area contributed by atoms with Crippen molar-refractivity contribution in [3.8, 4) is 0 Å². The third kappa shape index (κ3) is 2.80. The van der Waals surface area contributed by atoms with Gasteiger partial charge in [0.2, 0.25) is 0 Å². The van der Waals surface area contributed by atoms with Crippen molar-refractivity contribution in [3.63, 3.8) is 0 Å². The highest BCUT2D eigenvalue weighted by Crippen LogP contribution is 2.46. The molecule has 2 heterocycles. The van der Waals surface area contributed by atoms with Crippen LogP contribution in [0.25, 0.3) is 0 Å². The first-order valence-corrected chi connectivity index (χ1v) is 7.95. The van der Waals surface area contributed by atoms with Crippen LogP contribution in [0.2, 0.25) is 0 Å². The van der Waals surface area contributed by atoms with Gasteiger partial charge in [0.25, 0.3) is 0 Å². The Labute approximate surface area is 124 Å². The lowest BCUT2D eigenvalue weighted by Crippen LogP contribution is -2.72. The van der Waals surface area contributed by atoms with Gasteiger partial charge in [-0.25, -0.2) is 0 Å². The molecular weight excluding hydrogens is 248 g/mol. The zero-order chi connectivity index (χ0) is 15.0. The van der Waals surface area contributed by atoms with Gasteiger partial charge in [-0.3, -0.25) is 4.99 Å². The number of hydrogen-bond acceptors (Lipinski definition) is 2. The van der Waals surface area contributed by atoms with Crippen LogP contribution >= 0.6 is 0 Å². The summed E-state index contributed by atoms with van der Waals surface area (Å²) in [6, 6.07) is 0. The first-order valence-electron chi connectivity index (χ1n) is 7.95. The molecule has 4 heteroatoms. The van der Waals surface area contributed by atoms with E-state index in [4.69, 9.17) is 0 Å². The van der Waals surface area contributed by atoms with Crippen LogP contribution in [0.15, 0.2) is 4.99 Å². The van der Waals surface area contributed by atoms with Crippen LogP contribution in [0.4, 0.5) is 0 Å². The molecule has 4 nitrogen and oxygen atoms in total. The normalized spacial score (nSPS) is 30.0. The van der Waals surface area contributed by atoms with Gasteiger partial charge in [0.15, 0.2) is 5.96 Å². The fraction of sp³-hybridized carbons (Fsp3) is 0.938. The lowest BCUT2D eigenvalue weighted by Gasteiger charge is -2.62. The van der Waals surface area contributed by atoms with Crippen molar-refractivity contribution >= 4 is 5.96 Å². The number of aliphatic imine (C=N–C) groups is 1. The molecule has 2 rings (SSSR count). The molecule has 0 bridgehead atoms. The van der Waals surface area contributed by atoms with Crippen LogP contribution in [0.5, 0.6) is 0 Å². The maximum Gasteiger partial charge on any atom is 0.194 e. The van der Waals surface area contributed by atoms with Crippen molar-refractivity contribution in [2.75, 3.05) is 40.3 Å². The van der Waals surface area contributed by atoms with E-state index in [1.165, 1.54) is 25.9 Å². The van der Waals surface area contributed by atoms with Gasteiger partial charge >= 0.3 is 0 Å². The number of nitrogens with zero attached hydrogens (tertiary/aromatic N) is 3. The fourth-order valence-corrected chi connectivity index (χ4v) is 3.37. The summed E-state index contributed by atoms with van der Waals surface area (Å²) in [5, 5.41) is 3.60. The lowest BCUT2D eigenvalue weighted by molar-refractivity contribution is -0.0668. The summed E-state index contributed by atoms with van der Waals surface area (Å²) < 4.78 is 0. The van der Waals surface area contributed by atoms with E-state index < -0.39 is 0 Å². The van der Waals surface area contributed by atoms with Crippen molar-refractivity contribution in [1.29, 1.82) is 0 Å². The largest absolute Gasteiger partial charge is 0.356 e. The standard InChI is InChI=1S/C16H32N4/c1-15(2)12-20(16(15,3)4)14(17-5)18-10-13-8-7-9-19(6)11-13/h13H,7-12H2,1-6H3,(H,17,18). The molecule has 1 unspecified atom stereocenters. The predicted octanol–water partition coefficient (Wildman–Crippen LogP) is 2.02. The lowest BCUT2D eigenvalue weighted by atomic mass is 9.65. The minimum atomic E-state index is 0.179. The fourth-order valence-electron chi connectivity index (χ4n) is 3.37. The summed E-state index contributed by atoms with van der Waals surface area (Å²) in [7, 11) is 4.12. The zero-order valence-corrected chi connectivity index (χ0v) is 14.2. The molecule has 2 aliphatic rings. The van der Waals surface area contributed by atoms with Gasteiger partial charge < -0.3 is 15.1 Å². The number of rotatable bonds is 2. The number of nitrogens with one attached hydrogen (secondary N) is 1. The summed E-state index contributed by atoms with van der Waals surface area (Å²) in [5.41, 5.74) is 0.536. The monoisotopic (exact) mass is 280 g/mol. The molecule has 116 valence electrons. The Morgan fingerprint density at radius 1 is 1.30 bits per heavy atom. The van der Waals surface area contributed by atoms with Crippen molar-refractivity contribution in [2.24, 2.45) is 16.3 Å². The minimum absolute atomic E-state index is 0.179. The molecule has 0 aliphatic carbocycles. The van der Waals surface area contributed by atoms with Crippen molar-refractivity contribution in [2.45, 2.75) is 46.1 Å². The maximum atomic E-state index is 4.49. The average molecular weight is 280 g/mol. The highest BCUT2D eigenvalue weighted by Gasteiger charge is 2.53. The van der Waals surface area contributed by atoms with E-state index in [1.807, 2.05) is 7.05 Å². The van der Waals surface area contributed by atoms with Crippen LogP contribution in [-0.4, -0.2) is 61.6 Å². The van der Waals surface area contributed by atoms with E-state index in [2.05, 4.69) is 54.9 Å². The highest BCUT2D eigenvalue weighted by atomic mass is 15.4. The second-order valence-electron chi connectivity index (χ2n) is 7.73. The third-order valence-electron chi connectivity index (χ3n) is 5.62. The maximum absolute atomic E-state index is 4.49. The molecule has 0 aromatic carbocycles. The molecule has 1 atom stereocenters. The number of hydrogen-bond donors (Lipinski definition) is 1. The van der Waals surface area contributed by atoms with Crippen LogP contribution in [0.3, 0.4) is 0 Å². The van der Waals surface area contributed by atoms with E-state index in [0.29, 0.717) is 5.41 Å². The van der Waals surface area contributed by atoms with Gasteiger partial charge in [0.1, 0.15) is 0 Å². The third-order valence-corrected chi connectivity index (χ3v) is 5.62. The van der Waals surface area contributed by atoms with Crippen molar-refractivity contribution in [3.05, 3.63) is 0 Å². The molecule has 2 aliphatic heterocycles. The molecule has 2 fully saturated rings. The van der Waals surface area contributed by atoms with Gasteiger partial charge in [0, 0.05) is 37.6 Å². The SMILES string of the molecule is CN=C(NCC1CCCN(C)C1)N1CC(C)(C)C1(C)C. The van der Waals surface area contributed by atoms with Crippen molar-refractivity contribution < 1.29 is 0 Å². The Morgan fingerprint density at radius 2 is 2.00 bits per heavy atom. The van der Waals surface area contributed by atoms with Gasteiger partial charge in [-0.1, -0.05) is 13.8 Å². The Morgan fingerprint density at radius 3 is 2.50 bits per heavy atom. The van der Waals surface area contributed by atoms with E-state index in [0.717, 1.165) is 25.0 Å². The summed E-state index contributed by atoms with van der Waals surface area (Å²) in [5.74, 6) is 1.82. The quantitative estimate of drug-likeness (QED) is 0.620. The van der Waals surface area contributed by atoms with Gasteiger partial charge in [-0.2, -0.15) is 0 Å². The molecule has 20 heavy (non-hydrogen) atoms. The number of piperidine rings is 1. The summed E-state index contributed by atoms with van der Waals surface area (Å²) in [6.07, 6.45) is 2.66. The molecular formula is C16H32N4. The summed E-state index contributed by atoms with van der Waals surface area (Å²) >= 11 is 0. The average Bonchev–Trinajstić information content (AvgIpc) is 2.38. The Kier molecular flexibility index (Phi) is 4.33. The minimum Gasteiger partial charge on any atom is -0.356 e. The van der Waals surface area contributed by atoms with Crippen molar-refractivity contribution in [1.82, 2.24) is 15.1 Å². The molecule has 2 saturated heterocycles. The summed E-state index contributed by atoms with van der Waals surface area (Å²) in [6.45, 7) is 13.9. The molecule has 0 spiro atoms. The second-order valence-corrected chi connectivity index (χ2v) is 7.73. The highest BCUT2D eigenvalue weighted by molar-refractivity contribution is 5.82. The van der Waals surface area contributed by atoms with Gasteiger partial charge in [-0.05, 0) is 46.2 Å².